The number of thiocarbonyl (C=S) groups is 1. The van der Waals surface area contributed by atoms with Gasteiger partial charge in [0.1, 0.15) is 4.32 Å². The van der Waals surface area contributed by atoms with Crippen LogP contribution in [0, 0.1) is 0 Å². The Bertz CT molecular complexity index is 771. The maximum atomic E-state index is 11.8. The second kappa shape index (κ2) is 6.87. The lowest BCUT2D eigenvalue weighted by atomic mass is 10.2. The van der Waals surface area contributed by atoms with Gasteiger partial charge in [-0.25, -0.2) is 0 Å². The normalized spacial score (nSPS) is 16.1. The fourth-order valence-electron chi connectivity index (χ4n) is 1.88. The molecule has 22 heavy (non-hydrogen) atoms. The number of halogens is 1. The summed E-state index contributed by atoms with van der Waals surface area (Å²) in [6.45, 7) is 0. The first kappa shape index (κ1) is 15.6. The summed E-state index contributed by atoms with van der Waals surface area (Å²) in [6, 6.07) is 15.6. The highest BCUT2D eigenvalue weighted by Crippen LogP contribution is 2.34. The smallest absolute Gasteiger partial charge is 0.263 e. The summed E-state index contributed by atoms with van der Waals surface area (Å²) in [7, 11) is 0. The molecule has 0 saturated carbocycles. The van der Waals surface area contributed by atoms with Gasteiger partial charge in [-0.1, -0.05) is 65.5 Å². The van der Waals surface area contributed by atoms with E-state index in [2.05, 4.69) is 5.32 Å². The van der Waals surface area contributed by atoms with Crippen LogP contribution in [0.1, 0.15) is 5.56 Å². The molecule has 1 N–H and O–H groups in total. The molecule has 0 unspecified atom stereocenters. The highest BCUT2D eigenvalue weighted by Gasteiger charge is 2.22. The van der Waals surface area contributed by atoms with Crippen LogP contribution in [0.2, 0.25) is 5.02 Å². The molecule has 1 fully saturated rings. The zero-order valence-electron chi connectivity index (χ0n) is 11.2. The SMILES string of the molecule is O=C1NC(=S)S/C1=C\c1ccccc1Sc1ccc(Cl)cc1. The van der Waals surface area contributed by atoms with E-state index in [4.69, 9.17) is 23.8 Å². The highest BCUT2D eigenvalue weighted by atomic mass is 35.5. The molecule has 0 aliphatic carbocycles. The second-order valence-corrected chi connectivity index (χ2v) is 7.72. The van der Waals surface area contributed by atoms with Gasteiger partial charge in [-0.2, -0.15) is 0 Å². The van der Waals surface area contributed by atoms with E-state index < -0.39 is 0 Å². The predicted octanol–water partition coefficient (Wildman–Crippen LogP) is 4.98. The Labute approximate surface area is 147 Å². The van der Waals surface area contributed by atoms with Gasteiger partial charge in [0, 0.05) is 14.8 Å². The van der Waals surface area contributed by atoms with Crippen molar-refractivity contribution >= 4 is 63.6 Å². The molecule has 110 valence electrons. The first-order valence-corrected chi connectivity index (χ1v) is 8.81. The third-order valence-electron chi connectivity index (χ3n) is 2.89. The number of carbonyl (C=O) groups is 1. The Kier molecular flexibility index (Phi) is 4.88. The van der Waals surface area contributed by atoms with Gasteiger partial charge >= 0.3 is 0 Å². The van der Waals surface area contributed by atoms with Crippen molar-refractivity contribution in [3.8, 4) is 0 Å². The van der Waals surface area contributed by atoms with Gasteiger partial charge in [0.25, 0.3) is 5.91 Å². The monoisotopic (exact) mass is 363 g/mol. The molecule has 0 spiro atoms. The van der Waals surface area contributed by atoms with Crippen LogP contribution in [0.5, 0.6) is 0 Å². The van der Waals surface area contributed by atoms with Crippen molar-refractivity contribution in [2.24, 2.45) is 0 Å². The Morgan fingerprint density at radius 3 is 2.55 bits per heavy atom. The number of amides is 1. The van der Waals surface area contributed by atoms with Crippen molar-refractivity contribution in [3.05, 3.63) is 64.0 Å². The Hall–Kier alpha value is -1.27. The maximum absolute atomic E-state index is 11.8. The first-order valence-electron chi connectivity index (χ1n) is 6.39. The summed E-state index contributed by atoms with van der Waals surface area (Å²) >= 11 is 13.8. The van der Waals surface area contributed by atoms with Crippen molar-refractivity contribution in [2.75, 3.05) is 0 Å². The summed E-state index contributed by atoms with van der Waals surface area (Å²) < 4.78 is 0.499. The average molecular weight is 364 g/mol. The molecule has 1 saturated heterocycles. The third-order valence-corrected chi connectivity index (χ3v) is 5.40. The van der Waals surface area contributed by atoms with Gasteiger partial charge in [0.2, 0.25) is 0 Å². The second-order valence-electron chi connectivity index (χ2n) is 4.45. The average Bonchev–Trinajstić information content (AvgIpc) is 2.81. The molecule has 1 heterocycles. The fourth-order valence-corrected chi connectivity index (χ4v) is 3.96. The van der Waals surface area contributed by atoms with Crippen LogP contribution in [0.3, 0.4) is 0 Å². The van der Waals surface area contributed by atoms with E-state index in [0.717, 1.165) is 15.4 Å². The molecule has 1 amide bonds. The molecular formula is C16H10ClNOS3. The molecule has 2 aromatic carbocycles. The third kappa shape index (κ3) is 3.73. The standard InChI is InChI=1S/C16H10ClNOS3/c17-11-5-7-12(8-6-11)21-13-4-2-1-3-10(13)9-14-15(19)18-16(20)22-14/h1-9H,(H,18,19,20)/b14-9-. The van der Waals surface area contributed by atoms with Gasteiger partial charge in [-0.3, -0.25) is 4.79 Å². The van der Waals surface area contributed by atoms with E-state index in [1.54, 1.807) is 11.8 Å². The van der Waals surface area contributed by atoms with Crippen molar-refractivity contribution in [3.63, 3.8) is 0 Å². The minimum absolute atomic E-state index is 0.138. The van der Waals surface area contributed by atoms with Gasteiger partial charge in [-0.15, -0.1) is 0 Å². The van der Waals surface area contributed by atoms with Crippen molar-refractivity contribution in [1.29, 1.82) is 0 Å². The van der Waals surface area contributed by atoms with Crippen LogP contribution in [0.4, 0.5) is 0 Å². The zero-order chi connectivity index (χ0) is 15.5. The first-order chi connectivity index (χ1) is 10.6. The topological polar surface area (TPSA) is 29.1 Å². The molecule has 6 heteroatoms. The minimum Gasteiger partial charge on any atom is -0.307 e. The van der Waals surface area contributed by atoms with Gasteiger partial charge in [0.15, 0.2) is 0 Å². The molecule has 0 radical (unpaired) electrons. The Morgan fingerprint density at radius 2 is 1.86 bits per heavy atom. The molecular weight excluding hydrogens is 354 g/mol. The molecule has 3 rings (SSSR count). The van der Waals surface area contributed by atoms with Crippen LogP contribution in [0.15, 0.2) is 63.2 Å². The Balaban J connectivity index is 1.90. The molecule has 0 atom stereocenters. The van der Waals surface area contributed by atoms with Crippen LogP contribution in [-0.4, -0.2) is 10.2 Å². The molecule has 2 aromatic rings. The van der Waals surface area contributed by atoms with Crippen LogP contribution < -0.4 is 5.32 Å². The van der Waals surface area contributed by atoms with Gasteiger partial charge < -0.3 is 5.32 Å². The fraction of sp³-hybridized carbons (Fsp3) is 0. The quantitative estimate of drug-likeness (QED) is 0.615. The zero-order valence-corrected chi connectivity index (χ0v) is 14.4. The number of hydrogen-bond donors (Lipinski definition) is 1. The largest absolute Gasteiger partial charge is 0.307 e. The summed E-state index contributed by atoms with van der Waals surface area (Å²) in [5.41, 5.74) is 0.991. The van der Waals surface area contributed by atoms with Crippen molar-refractivity contribution in [1.82, 2.24) is 5.32 Å². The summed E-state index contributed by atoms with van der Waals surface area (Å²) in [4.78, 5) is 14.6. The van der Waals surface area contributed by atoms with E-state index in [9.17, 15) is 4.79 Å². The lowest BCUT2D eigenvalue weighted by molar-refractivity contribution is -0.115. The van der Waals surface area contributed by atoms with E-state index >= 15 is 0 Å². The Morgan fingerprint density at radius 1 is 1.14 bits per heavy atom. The number of hydrogen-bond acceptors (Lipinski definition) is 4. The molecule has 0 aromatic heterocycles. The van der Waals surface area contributed by atoms with Crippen molar-refractivity contribution in [2.45, 2.75) is 9.79 Å². The molecule has 0 bridgehead atoms. The number of nitrogens with one attached hydrogen (secondary N) is 1. The predicted molar refractivity (Wildman–Crippen MR) is 98.3 cm³/mol. The maximum Gasteiger partial charge on any atom is 0.263 e. The van der Waals surface area contributed by atoms with Gasteiger partial charge in [-0.05, 0) is 42.0 Å². The molecule has 2 nitrogen and oxygen atoms in total. The van der Waals surface area contributed by atoms with Crippen molar-refractivity contribution < 1.29 is 4.79 Å². The number of thioether (sulfide) groups is 1. The van der Waals surface area contributed by atoms with Crippen LogP contribution in [0.25, 0.3) is 6.08 Å². The summed E-state index contributed by atoms with van der Waals surface area (Å²) in [5.74, 6) is -0.138. The minimum atomic E-state index is -0.138. The van der Waals surface area contributed by atoms with Gasteiger partial charge in [0.05, 0.1) is 4.91 Å². The lowest BCUT2D eigenvalue weighted by Crippen LogP contribution is -2.17. The number of carbonyl (C=O) groups excluding carboxylic acids is 1. The van der Waals surface area contributed by atoms with E-state index in [1.807, 2.05) is 54.6 Å². The summed E-state index contributed by atoms with van der Waals surface area (Å²) in [5, 5.41) is 3.34. The summed E-state index contributed by atoms with van der Waals surface area (Å²) in [6.07, 6.45) is 1.87. The van der Waals surface area contributed by atoms with Crippen LogP contribution in [-0.2, 0) is 4.79 Å². The lowest BCUT2D eigenvalue weighted by Gasteiger charge is -2.06. The van der Waals surface area contributed by atoms with E-state index in [1.165, 1.54) is 11.8 Å². The van der Waals surface area contributed by atoms with E-state index in [0.29, 0.717) is 14.2 Å². The molecule has 1 aliphatic rings. The van der Waals surface area contributed by atoms with E-state index in [-0.39, 0.29) is 5.91 Å². The highest BCUT2D eigenvalue weighted by molar-refractivity contribution is 8.26. The number of benzene rings is 2. The molecule has 1 aliphatic heterocycles. The number of rotatable bonds is 3. The van der Waals surface area contributed by atoms with Crippen LogP contribution >= 0.6 is 47.3 Å².